The maximum absolute atomic E-state index is 13.1. The van der Waals surface area contributed by atoms with Crippen LogP contribution in [0.3, 0.4) is 0 Å². The van der Waals surface area contributed by atoms with Gasteiger partial charge in [0.1, 0.15) is 12.1 Å². The fourth-order valence-electron chi connectivity index (χ4n) is 5.74. The molecule has 0 radical (unpaired) electrons. The molecule has 0 spiro atoms. The Morgan fingerprint density at radius 2 is 1.58 bits per heavy atom. The van der Waals surface area contributed by atoms with E-state index in [1.807, 2.05) is 88.4 Å². The van der Waals surface area contributed by atoms with Crippen LogP contribution in [0.4, 0.5) is 0 Å². The van der Waals surface area contributed by atoms with Gasteiger partial charge in [0.2, 0.25) is 12.3 Å². The van der Waals surface area contributed by atoms with E-state index in [1.165, 1.54) is 4.90 Å². The van der Waals surface area contributed by atoms with Gasteiger partial charge in [-0.25, -0.2) is 4.79 Å². The van der Waals surface area contributed by atoms with Gasteiger partial charge in [-0.2, -0.15) is 0 Å². The molecule has 0 aliphatic carbocycles. The van der Waals surface area contributed by atoms with Crippen LogP contribution < -0.4 is 16.4 Å². The molecule has 1 heterocycles. The van der Waals surface area contributed by atoms with Crippen LogP contribution in [0.25, 0.3) is 0 Å². The number of carbonyl (C=O) groups is 5. The Morgan fingerprint density at radius 1 is 0.960 bits per heavy atom. The summed E-state index contributed by atoms with van der Waals surface area (Å²) >= 11 is 0. The smallest absolute Gasteiger partial charge is 0.326 e. The van der Waals surface area contributed by atoms with E-state index in [0.29, 0.717) is 38.8 Å². The number of benzene rings is 2. The van der Waals surface area contributed by atoms with E-state index < -0.39 is 30.2 Å². The first-order chi connectivity index (χ1) is 23.7. The van der Waals surface area contributed by atoms with Crippen LogP contribution in [-0.4, -0.2) is 83.2 Å². The average Bonchev–Trinajstić information content (AvgIpc) is 3.57. The summed E-state index contributed by atoms with van der Waals surface area (Å²) in [6.45, 7) is 10.8. The summed E-state index contributed by atoms with van der Waals surface area (Å²) in [6, 6.07) is 18.1. The van der Waals surface area contributed by atoms with Gasteiger partial charge in [-0.1, -0.05) is 94.3 Å². The number of nitrogens with two attached hydrogens (primary N) is 1. The molecule has 1 saturated heterocycles. The standard InChI is InChI=1S/C33H49N3O4.C6H9NO3/c1-24(21-26-15-9-6-10-16-26)36-32(39)31(33(3,4)5)35-22-30(38)28(34)19-13-8-14-20-29(37)25(2)40-23-27-17-11-7-12-18-27;8-4-7-3-1-2-5(7)6(9)10/h6-7,9-12,15-18,24-25,28,31,35H,8,13-14,19-23,34H2,1-5H3,(H,36,39);4-5H,1-3H2,(H,9,10)/t;5-/m.1/s1. The molecule has 0 bridgehead atoms. The lowest BCUT2D eigenvalue weighted by Gasteiger charge is -2.31. The van der Waals surface area contributed by atoms with Crippen molar-refractivity contribution in [2.24, 2.45) is 11.1 Å². The number of amides is 2. The van der Waals surface area contributed by atoms with Crippen molar-refractivity contribution >= 4 is 29.9 Å². The third-order valence-electron chi connectivity index (χ3n) is 8.74. The molecule has 50 heavy (non-hydrogen) atoms. The highest BCUT2D eigenvalue weighted by Crippen LogP contribution is 2.20. The topological polar surface area (TPSA) is 168 Å². The number of Topliss-reactive ketones (excluding diaryl/α,β-unsaturated/α-hetero) is 2. The van der Waals surface area contributed by atoms with Gasteiger partial charge in [-0.15, -0.1) is 0 Å². The van der Waals surface area contributed by atoms with E-state index in [0.717, 1.165) is 43.2 Å². The van der Waals surface area contributed by atoms with Crippen LogP contribution in [0.5, 0.6) is 0 Å². The third-order valence-corrected chi connectivity index (χ3v) is 8.74. The molecular formula is C39H58N4O7. The number of carboxylic acids is 1. The molecule has 11 heteroatoms. The second-order valence-corrected chi connectivity index (χ2v) is 14.2. The summed E-state index contributed by atoms with van der Waals surface area (Å²) in [5, 5.41) is 14.8. The van der Waals surface area contributed by atoms with Crippen molar-refractivity contribution in [2.45, 2.75) is 123 Å². The average molecular weight is 695 g/mol. The van der Waals surface area contributed by atoms with Gasteiger partial charge in [0.25, 0.3) is 0 Å². The van der Waals surface area contributed by atoms with Crippen molar-refractivity contribution in [3.05, 3.63) is 71.8 Å². The molecule has 1 fully saturated rings. The van der Waals surface area contributed by atoms with E-state index in [1.54, 1.807) is 6.92 Å². The van der Waals surface area contributed by atoms with Gasteiger partial charge in [0, 0.05) is 19.0 Å². The Balaban J connectivity index is 0.000000739. The minimum absolute atomic E-state index is 0.0372. The molecule has 1 aliphatic heterocycles. The highest BCUT2D eigenvalue weighted by molar-refractivity contribution is 5.87. The van der Waals surface area contributed by atoms with E-state index in [9.17, 15) is 24.0 Å². The number of carbonyl (C=O) groups excluding carboxylic acids is 4. The maximum atomic E-state index is 13.1. The number of rotatable bonds is 20. The van der Waals surface area contributed by atoms with Crippen LogP contribution in [0, 0.1) is 5.41 Å². The molecule has 3 rings (SSSR count). The molecule has 0 saturated carbocycles. The largest absolute Gasteiger partial charge is 0.480 e. The van der Waals surface area contributed by atoms with Crippen LogP contribution >= 0.6 is 0 Å². The lowest BCUT2D eigenvalue weighted by Crippen LogP contribution is -2.55. The number of nitrogens with zero attached hydrogens (tertiary/aromatic N) is 1. The quantitative estimate of drug-likeness (QED) is 0.116. The fraction of sp³-hybridized carbons (Fsp3) is 0.564. The summed E-state index contributed by atoms with van der Waals surface area (Å²) in [5.41, 5.74) is 7.99. The number of unbranched alkanes of at least 4 members (excludes halogenated alkanes) is 2. The van der Waals surface area contributed by atoms with Crippen molar-refractivity contribution in [1.29, 1.82) is 0 Å². The molecule has 2 amide bonds. The van der Waals surface area contributed by atoms with Crippen molar-refractivity contribution in [2.75, 3.05) is 13.1 Å². The molecule has 276 valence electrons. The molecule has 1 aliphatic rings. The zero-order chi connectivity index (χ0) is 37.1. The number of nitrogens with one attached hydrogen (secondary N) is 2. The Hall–Kier alpha value is -3.93. The minimum atomic E-state index is -0.899. The Kier molecular flexibility index (Phi) is 18.6. The first-order valence-corrected chi connectivity index (χ1v) is 17.7. The van der Waals surface area contributed by atoms with Gasteiger partial charge in [0.15, 0.2) is 11.6 Å². The normalized spacial score (nSPS) is 16.7. The number of hydrogen-bond donors (Lipinski definition) is 4. The van der Waals surface area contributed by atoms with E-state index >= 15 is 0 Å². The molecule has 11 nitrogen and oxygen atoms in total. The number of likely N-dealkylation sites (tertiary alicyclic amines) is 1. The fourth-order valence-corrected chi connectivity index (χ4v) is 5.74. The maximum Gasteiger partial charge on any atom is 0.326 e. The van der Waals surface area contributed by atoms with Gasteiger partial charge < -0.3 is 25.8 Å². The number of ketones is 2. The highest BCUT2D eigenvalue weighted by Gasteiger charge is 2.32. The number of hydrogen-bond acceptors (Lipinski definition) is 8. The third kappa shape index (κ3) is 15.7. The number of carboxylic acid groups (broad SMARTS) is 1. The molecule has 5 N–H and O–H groups in total. The lowest BCUT2D eigenvalue weighted by molar-refractivity contribution is -0.144. The van der Waals surface area contributed by atoms with Crippen molar-refractivity contribution < 1.29 is 33.8 Å². The highest BCUT2D eigenvalue weighted by atomic mass is 16.5. The zero-order valence-electron chi connectivity index (χ0n) is 30.4. The van der Waals surface area contributed by atoms with Crippen LogP contribution in [0.2, 0.25) is 0 Å². The lowest BCUT2D eigenvalue weighted by atomic mass is 9.85. The summed E-state index contributed by atoms with van der Waals surface area (Å²) in [7, 11) is 0. The van der Waals surface area contributed by atoms with Crippen molar-refractivity contribution in [1.82, 2.24) is 15.5 Å². The molecule has 2 aromatic carbocycles. The first-order valence-electron chi connectivity index (χ1n) is 17.7. The van der Waals surface area contributed by atoms with Gasteiger partial charge >= 0.3 is 5.97 Å². The van der Waals surface area contributed by atoms with E-state index in [4.69, 9.17) is 15.6 Å². The first kappa shape index (κ1) is 42.2. The molecule has 2 aromatic rings. The van der Waals surface area contributed by atoms with Crippen LogP contribution in [0.15, 0.2) is 60.7 Å². The molecule has 4 unspecified atom stereocenters. The summed E-state index contributed by atoms with van der Waals surface area (Å²) in [5.74, 6) is -1.04. The zero-order valence-corrected chi connectivity index (χ0v) is 30.4. The second kappa shape index (κ2) is 22.0. The predicted octanol–water partition coefficient (Wildman–Crippen LogP) is 4.45. The Bertz CT molecular complexity index is 1330. The second-order valence-electron chi connectivity index (χ2n) is 14.2. The summed E-state index contributed by atoms with van der Waals surface area (Å²) < 4.78 is 5.70. The van der Waals surface area contributed by atoms with Crippen molar-refractivity contribution in [3.63, 3.8) is 0 Å². The van der Waals surface area contributed by atoms with Crippen LogP contribution in [0.1, 0.15) is 90.7 Å². The van der Waals surface area contributed by atoms with Crippen LogP contribution in [-0.2, 0) is 41.7 Å². The molecule has 0 aromatic heterocycles. The predicted molar refractivity (Wildman–Crippen MR) is 194 cm³/mol. The van der Waals surface area contributed by atoms with Gasteiger partial charge in [-0.3, -0.25) is 24.5 Å². The molecular weight excluding hydrogens is 636 g/mol. The molecule has 5 atom stereocenters. The minimum Gasteiger partial charge on any atom is -0.480 e. The van der Waals surface area contributed by atoms with Crippen molar-refractivity contribution in [3.8, 4) is 0 Å². The Labute approximate surface area is 297 Å². The summed E-state index contributed by atoms with van der Waals surface area (Å²) in [6.07, 6.45) is 5.61. The number of aliphatic carboxylic acids is 1. The monoisotopic (exact) mass is 694 g/mol. The summed E-state index contributed by atoms with van der Waals surface area (Å²) in [4.78, 5) is 60.0. The van der Waals surface area contributed by atoms with Gasteiger partial charge in [0.05, 0.1) is 25.2 Å². The van der Waals surface area contributed by atoms with E-state index in [2.05, 4.69) is 10.6 Å². The Morgan fingerprint density at radius 3 is 2.14 bits per heavy atom. The number of ether oxygens (including phenoxy) is 1. The van der Waals surface area contributed by atoms with E-state index in [-0.39, 0.29) is 35.5 Å². The SMILES string of the molecule is CC(Cc1ccccc1)NC(=O)C(NCC(=O)C(N)CCCCCC(=O)C(C)OCc1ccccc1)C(C)(C)C.O=CN1CCC[C@@H]1C(=O)O. The van der Waals surface area contributed by atoms with Gasteiger partial charge in [-0.05, 0) is 62.5 Å².